The Balaban J connectivity index is 1.29. The highest BCUT2D eigenvalue weighted by atomic mass is 32.1. The minimum atomic E-state index is -1.27. The van der Waals surface area contributed by atoms with E-state index in [2.05, 4.69) is 83.6 Å². The molecule has 0 saturated heterocycles. The Hall–Kier alpha value is -5.75. The van der Waals surface area contributed by atoms with Gasteiger partial charge in [0.2, 0.25) is 0 Å². The van der Waals surface area contributed by atoms with E-state index >= 15 is 0 Å². The molecule has 0 unspecified atom stereocenters. The number of aryl methyl sites for hydroxylation is 1. The molecule has 6 rings (SSSR count). The highest BCUT2D eigenvalue weighted by molar-refractivity contribution is 7.79. The van der Waals surface area contributed by atoms with Crippen molar-refractivity contribution in [1.29, 1.82) is 10.7 Å². The van der Waals surface area contributed by atoms with Crippen molar-refractivity contribution in [2.45, 2.75) is 6.92 Å². The van der Waals surface area contributed by atoms with Crippen molar-refractivity contribution in [2.75, 3.05) is 4.90 Å². The second-order valence-electron chi connectivity index (χ2n) is 10.8. The lowest BCUT2D eigenvalue weighted by Crippen LogP contribution is -2.19. The van der Waals surface area contributed by atoms with Gasteiger partial charge in [-0.3, -0.25) is 5.41 Å². The lowest BCUT2D eigenvalue weighted by molar-refractivity contribution is -0.132. The van der Waals surface area contributed by atoms with Gasteiger partial charge in [0.25, 0.3) is 0 Å². The van der Waals surface area contributed by atoms with Crippen LogP contribution in [0.3, 0.4) is 0 Å². The van der Waals surface area contributed by atoms with Gasteiger partial charge in [0.1, 0.15) is 17.4 Å². The molecule has 0 fully saturated rings. The van der Waals surface area contributed by atoms with Crippen LogP contribution in [0.25, 0.3) is 27.7 Å². The van der Waals surface area contributed by atoms with Gasteiger partial charge < -0.3 is 10.0 Å². The molecule has 0 amide bonds. The summed E-state index contributed by atoms with van der Waals surface area (Å²) in [5.74, 6) is -1.27. The maximum absolute atomic E-state index is 11.2. The van der Waals surface area contributed by atoms with E-state index in [-0.39, 0.29) is 11.3 Å². The number of carboxylic acids is 1. The predicted octanol–water partition coefficient (Wildman–Crippen LogP) is 9.97. The van der Waals surface area contributed by atoms with Crippen LogP contribution in [0.2, 0.25) is 0 Å². The van der Waals surface area contributed by atoms with Crippen molar-refractivity contribution in [1.82, 2.24) is 0 Å². The number of nitrogens with zero attached hydrogens (tertiary/aromatic N) is 3. The molecule has 1 aliphatic rings. The second-order valence-corrected chi connectivity index (χ2v) is 12.0. The molecule has 8 heteroatoms. The molecule has 5 aromatic rings. The van der Waals surface area contributed by atoms with Gasteiger partial charge in [0.05, 0.1) is 5.71 Å². The third-order valence-electron chi connectivity index (χ3n) is 7.76. The van der Waals surface area contributed by atoms with E-state index in [1.165, 1.54) is 6.08 Å². The third-order valence-corrected chi connectivity index (χ3v) is 9.28. The van der Waals surface area contributed by atoms with Gasteiger partial charge in [-0.25, -0.2) is 9.19 Å². The van der Waals surface area contributed by atoms with E-state index in [0.717, 1.165) is 54.7 Å². The summed E-state index contributed by atoms with van der Waals surface area (Å²) in [4.78, 5) is 15.5. The number of rotatable bonds is 8. The molecular weight excluding hydrogens is 621 g/mol. The van der Waals surface area contributed by atoms with E-state index in [1.807, 2.05) is 60.7 Å². The quantitative estimate of drug-likeness (QED) is 0.0675. The first-order valence-corrected chi connectivity index (χ1v) is 15.9. The molecule has 0 radical (unpaired) electrons. The summed E-state index contributed by atoms with van der Waals surface area (Å²) in [6.45, 7) is 2.09. The maximum Gasteiger partial charge on any atom is 0.346 e. The Labute approximate surface area is 282 Å². The van der Waals surface area contributed by atoms with Crippen LogP contribution in [-0.2, 0) is 4.79 Å². The largest absolute Gasteiger partial charge is 0.477 e. The molecule has 47 heavy (non-hydrogen) atoms. The molecule has 0 aliphatic heterocycles. The summed E-state index contributed by atoms with van der Waals surface area (Å²) >= 11 is 5.85. The average Bonchev–Trinajstić information content (AvgIpc) is 3.49. The van der Waals surface area contributed by atoms with E-state index in [1.54, 1.807) is 29.5 Å². The van der Waals surface area contributed by atoms with Crippen LogP contribution in [0.4, 0.5) is 17.1 Å². The third kappa shape index (κ3) is 6.49. The van der Waals surface area contributed by atoms with E-state index < -0.39 is 5.97 Å². The number of nitriles is 1. The first-order valence-electron chi connectivity index (χ1n) is 14.7. The summed E-state index contributed by atoms with van der Waals surface area (Å²) in [7, 11) is 0. The van der Waals surface area contributed by atoms with E-state index in [9.17, 15) is 4.79 Å². The highest BCUT2D eigenvalue weighted by Crippen LogP contribution is 2.40. The van der Waals surface area contributed by atoms with Crippen molar-refractivity contribution in [3.63, 3.8) is 0 Å². The number of anilines is 3. The number of aliphatic carboxylic acids is 1. The van der Waals surface area contributed by atoms with Crippen molar-refractivity contribution < 1.29 is 9.90 Å². The lowest BCUT2D eigenvalue weighted by Gasteiger charge is -2.25. The van der Waals surface area contributed by atoms with Crippen molar-refractivity contribution >= 4 is 75.8 Å². The van der Waals surface area contributed by atoms with Gasteiger partial charge in [-0.15, -0.1) is 11.3 Å². The Morgan fingerprint density at radius 2 is 1.40 bits per heavy atom. The fourth-order valence-corrected chi connectivity index (χ4v) is 6.88. The predicted molar refractivity (Wildman–Crippen MR) is 197 cm³/mol. The van der Waals surface area contributed by atoms with Crippen LogP contribution in [-0.4, -0.2) is 22.5 Å². The summed E-state index contributed by atoms with van der Waals surface area (Å²) < 4.78 is 4.18. The van der Waals surface area contributed by atoms with Crippen LogP contribution < -0.4 is 4.90 Å². The minimum absolute atomic E-state index is 0.267. The fraction of sp³-hybridized carbons (Fsp3) is 0.0256. The van der Waals surface area contributed by atoms with Crippen molar-refractivity contribution in [2.24, 2.45) is 4.40 Å². The van der Waals surface area contributed by atoms with Crippen LogP contribution in [0.15, 0.2) is 137 Å². The Morgan fingerprint density at radius 3 is 1.96 bits per heavy atom. The number of carboxylic acid groups (broad SMARTS) is 1. The molecule has 0 bridgehead atoms. The highest BCUT2D eigenvalue weighted by Gasteiger charge is 2.24. The number of nitrogens with one attached hydrogen (secondary N) is 1. The van der Waals surface area contributed by atoms with Crippen LogP contribution in [0.5, 0.6) is 0 Å². The van der Waals surface area contributed by atoms with Gasteiger partial charge in [-0.2, -0.15) is 5.26 Å². The number of allylic oxidation sites excluding steroid dienone is 4. The maximum atomic E-state index is 11.2. The molecule has 0 spiro atoms. The van der Waals surface area contributed by atoms with Crippen molar-refractivity contribution in [3.05, 3.63) is 155 Å². The normalized spacial score (nSPS) is 13.9. The first kappa shape index (κ1) is 31.2. The topological polar surface area (TPSA) is 101 Å². The minimum Gasteiger partial charge on any atom is -0.477 e. The standard InChI is InChI=1S/C39H28N4O2S2/c1-25-22-35(34-21-20-33(37(42-46)36(34)41)27-14-12-26(13-15-27)23-29(24-40)39(44)45)47-38(25)28-16-18-32(19-17-28)43(30-8-4-2-5-9-30)31-10-6-3-7-11-31/h2-23,41,46H,1H3,(H,44,45)/b29-23+,41-36?,42-37-. The van der Waals surface area contributed by atoms with Gasteiger partial charge in [0.15, 0.2) is 0 Å². The van der Waals surface area contributed by atoms with Gasteiger partial charge >= 0.3 is 5.97 Å². The van der Waals surface area contributed by atoms with Gasteiger partial charge in [-0.05, 0) is 90.5 Å². The van der Waals surface area contributed by atoms with Crippen LogP contribution >= 0.6 is 24.2 Å². The lowest BCUT2D eigenvalue weighted by atomic mass is 9.88. The van der Waals surface area contributed by atoms with Crippen molar-refractivity contribution in [3.8, 4) is 16.5 Å². The molecule has 1 aromatic heterocycles. The molecular formula is C39H28N4O2S2. The fourth-order valence-electron chi connectivity index (χ4n) is 5.47. The molecule has 4 aromatic carbocycles. The number of carbonyl (C=O) groups is 1. The number of hydrogen-bond donors (Lipinski definition) is 3. The Bertz CT molecular complexity index is 2100. The molecule has 1 heterocycles. The zero-order chi connectivity index (χ0) is 32.9. The molecule has 6 nitrogen and oxygen atoms in total. The second kappa shape index (κ2) is 13.7. The molecule has 228 valence electrons. The molecule has 0 saturated carbocycles. The van der Waals surface area contributed by atoms with Gasteiger partial charge in [0, 0.05) is 38.0 Å². The SMILES string of the molecule is Cc1cc(C2=CC=C(c3ccc(/C=C(\C#N)C(=O)O)cc3)/C(=N/S)C2=N)sc1-c1ccc(N(c2ccccc2)c2ccccc2)cc1. The van der Waals surface area contributed by atoms with Gasteiger partial charge in [-0.1, -0.05) is 84.9 Å². The van der Waals surface area contributed by atoms with E-state index in [0.29, 0.717) is 11.3 Å². The van der Waals surface area contributed by atoms with Crippen LogP contribution in [0, 0.1) is 23.7 Å². The average molecular weight is 649 g/mol. The monoisotopic (exact) mass is 648 g/mol. The van der Waals surface area contributed by atoms with Crippen LogP contribution in [0.1, 0.15) is 21.6 Å². The zero-order valence-electron chi connectivity index (χ0n) is 25.3. The zero-order valence-corrected chi connectivity index (χ0v) is 27.0. The Kier molecular flexibility index (Phi) is 9.11. The Morgan fingerprint density at radius 1 is 0.851 bits per heavy atom. The number of benzene rings is 4. The molecule has 2 N–H and O–H groups in total. The summed E-state index contributed by atoms with van der Waals surface area (Å²) in [6, 6.07) is 40.1. The van der Waals surface area contributed by atoms with E-state index in [4.69, 9.17) is 15.8 Å². The number of hydrogen-bond acceptors (Lipinski definition) is 7. The summed E-state index contributed by atoms with van der Waals surface area (Å²) in [5, 5.41) is 27.3. The first-order chi connectivity index (χ1) is 22.9. The summed E-state index contributed by atoms with van der Waals surface area (Å²) in [5.41, 5.74) is 8.68. The number of thiophene rings is 1. The molecule has 1 aliphatic carbocycles. The molecule has 0 atom stereocenters. The number of thiol groups is 1. The summed E-state index contributed by atoms with van der Waals surface area (Å²) in [6.07, 6.45) is 5.18. The number of para-hydroxylation sites is 2. The smallest absolute Gasteiger partial charge is 0.346 e.